The van der Waals surface area contributed by atoms with Gasteiger partial charge in [-0.3, -0.25) is 4.79 Å². The number of amides is 1. The largest absolute Gasteiger partial charge is 0.494 e. The maximum absolute atomic E-state index is 12.6. The first-order chi connectivity index (χ1) is 14.3. The van der Waals surface area contributed by atoms with Gasteiger partial charge in [0, 0.05) is 18.7 Å². The molecule has 30 heavy (non-hydrogen) atoms. The van der Waals surface area contributed by atoms with Crippen LogP contribution >= 0.6 is 0 Å². The Morgan fingerprint density at radius 2 is 1.80 bits per heavy atom. The van der Waals surface area contributed by atoms with Gasteiger partial charge in [0.15, 0.2) is 9.84 Å². The maximum atomic E-state index is 12.6. The van der Waals surface area contributed by atoms with E-state index in [1.807, 2.05) is 20.2 Å². The van der Waals surface area contributed by atoms with Crippen molar-refractivity contribution in [1.82, 2.24) is 4.90 Å². The molecule has 0 bridgehead atoms. The van der Waals surface area contributed by atoms with Crippen LogP contribution in [0.2, 0.25) is 0 Å². The van der Waals surface area contributed by atoms with Gasteiger partial charge in [0.25, 0.3) is 0 Å². The molecule has 0 fully saturated rings. The lowest BCUT2D eigenvalue weighted by Gasteiger charge is -2.11. The third kappa shape index (κ3) is 6.31. The van der Waals surface area contributed by atoms with Crippen LogP contribution in [0.3, 0.4) is 0 Å². The van der Waals surface area contributed by atoms with Gasteiger partial charge in [-0.25, -0.2) is 8.42 Å². The smallest absolute Gasteiger partial charge is 0.225 e. The summed E-state index contributed by atoms with van der Waals surface area (Å²) in [7, 11) is 0.565. The minimum atomic E-state index is -3.48. The van der Waals surface area contributed by atoms with Gasteiger partial charge in [-0.05, 0) is 87.3 Å². The van der Waals surface area contributed by atoms with E-state index in [1.165, 1.54) is 5.56 Å². The molecule has 0 saturated carbocycles. The molecule has 3 rings (SSSR count). The van der Waals surface area contributed by atoms with Crippen LogP contribution in [-0.4, -0.2) is 52.2 Å². The Hall–Kier alpha value is -2.38. The summed E-state index contributed by atoms with van der Waals surface area (Å²) >= 11 is 0. The van der Waals surface area contributed by atoms with E-state index in [0.29, 0.717) is 17.2 Å². The van der Waals surface area contributed by atoms with Crippen molar-refractivity contribution in [3.63, 3.8) is 0 Å². The van der Waals surface area contributed by atoms with Crippen LogP contribution in [0.15, 0.2) is 47.4 Å². The zero-order valence-electron chi connectivity index (χ0n) is 17.7. The predicted octanol–water partition coefficient (Wildman–Crippen LogP) is 3.31. The molecule has 6 nitrogen and oxygen atoms in total. The van der Waals surface area contributed by atoms with Crippen molar-refractivity contribution in [3.8, 4) is 5.75 Å². The van der Waals surface area contributed by atoms with E-state index in [9.17, 15) is 13.2 Å². The Morgan fingerprint density at radius 1 is 1.07 bits per heavy atom. The second kappa shape index (κ2) is 10.1. The highest BCUT2D eigenvalue weighted by Gasteiger charge is 2.20. The van der Waals surface area contributed by atoms with Crippen LogP contribution in [0.25, 0.3) is 0 Å². The van der Waals surface area contributed by atoms with Crippen LogP contribution in [0.1, 0.15) is 30.4 Å². The minimum Gasteiger partial charge on any atom is -0.494 e. The Balaban J connectivity index is 1.47. The summed E-state index contributed by atoms with van der Waals surface area (Å²) < 4.78 is 30.9. The van der Waals surface area contributed by atoms with E-state index in [4.69, 9.17) is 4.74 Å². The first-order valence-corrected chi connectivity index (χ1v) is 12.0. The number of aryl methyl sites for hydroxylation is 2. The molecule has 0 radical (unpaired) electrons. The molecule has 0 spiro atoms. The van der Waals surface area contributed by atoms with Gasteiger partial charge in [0.05, 0.1) is 17.3 Å². The molecule has 0 atom stereocenters. The lowest BCUT2D eigenvalue weighted by molar-refractivity contribution is -0.115. The molecule has 162 valence electrons. The zero-order chi connectivity index (χ0) is 21.6. The summed E-state index contributed by atoms with van der Waals surface area (Å²) in [5, 5.41) is 2.75. The number of rotatable bonds is 10. The fourth-order valence-corrected chi connectivity index (χ4v) is 4.80. The average Bonchev–Trinajstić information content (AvgIpc) is 3.19. The summed E-state index contributed by atoms with van der Waals surface area (Å²) in [6.07, 6.45) is 3.86. The number of hydrogen-bond donors (Lipinski definition) is 1. The molecule has 2 aromatic carbocycles. The fraction of sp³-hybridized carbons (Fsp3) is 0.435. The number of ether oxygens (including phenoxy) is 1. The molecule has 0 heterocycles. The van der Waals surface area contributed by atoms with Crippen molar-refractivity contribution < 1.29 is 17.9 Å². The molecule has 1 aliphatic rings. The molecule has 1 N–H and O–H groups in total. The molecule has 2 aromatic rings. The maximum Gasteiger partial charge on any atom is 0.225 e. The lowest BCUT2D eigenvalue weighted by Crippen LogP contribution is -2.17. The van der Waals surface area contributed by atoms with Gasteiger partial charge in [-0.1, -0.05) is 6.07 Å². The van der Waals surface area contributed by atoms with Crippen LogP contribution < -0.4 is 10.1 Å². The van der Waals surface area contributed by atoms with Gasteiger partial charge in [-0.15, -0.1) is 0 Å². The number of nitrogens with one attached hydrogen (secondary N) is 1. The topological polar surface area (TPSA) is 75.7 Å². The molecule has 0 saturated heterocycles. The number of nitrogens with zero attached hydrogens (tertiary/aromatic N) is 1. The van der Waals surface area contributed by atoms with Crippen LogP contribution in [0.5, 0.6) is 5.75 Å². The number of carbonyl (C=O) groups excluding carboxylic acids is 1. The van der Waals surface area contributed by atoms with Gasteiger partial charge in [-0.2, -0.15) is 0 Å². The highest BCUT2D eigenvalue weighted by molar-refractivity contribution is 7.91. The van der Waals surface area contributed by atoms with E-state index < -0.39 is 9.84 Å². The van der Waals surface area contributed by atoms with Gasteiger partial charge >= 0.3 is 0 Å². The first-order valence-electron chi connectivity index (χ1n) is 10.4. The number of fused-ring (bicyclic) bond motifs is 1. The number of carbonyl (C=O) groups is 1. The summed E-state index contributed by atoms with van der Waals surface area (Å²) in [4.78, 5) is 14.6. The third-order valence-electron chi connectivity index (χ3n) is 5.18. The van der Waals surface area contributed by atoms with Crippen molar-refractivity contribution in [2.24, 2.45) is 0 Å². The first kappa shape index (κ1) is 22.3. The van der Waals surface area contributed by atoms with E-state index in [0.717, 1.165) is 43.5 Å². The quantitative estimate of drug-likeness (QED) is 0.586. The van der Waals surface area contributed by atoms with Crippen molar-refractivity contribution >= 4 is 21.4 Å². The molecule has 1 amide bonds. The number of anilines is 1. The molecule has 0 aromatic heterocycles. The SMILES string of the molecule is CN(C)CCCOc1ccc(NC(=O)CCS(=O)(=O)c2ccc3c(c2)CCC3)cc1. The molecule has 0 aliphatic heterocycles. The second-order valence-corrected chi connectivity index (χ2v) is 10.0. The summed E-state index contributed by atoms with van der Waals surface area (Å²) in [5.74, 6) is 0.218. The van der Waals surface area contributed by atoms with E-state index in [2.05, 4.69) is 10.2 Å². The van der Waals surface area contributed by atoms with Crippen LogP contribution in [0, 0.1) is 0 Å². The normalized spacial score (nSPS) is 13.3. The molecular formula is C23H30N2O4S. The van der Waals surface area contributed by atoms with E-state index >= 15 is 0 Å². The Labute approximate surface area is 179 Å². The van der Waals surface area contributed by atoms with Crippen molar-refractivity contribution in [1.29, 1.82) is 0 Å². The van der Waals surface area contributed by atoms with E-state index in [-0.39, 0.29) is 18.1 Å². The number of sulfone groups is 1. The van der Waals surface area contributed by atoms with Crippen LogP contribution in [-0.2, 0) is 27.5 Å². The number of benzene rings is 2. The van der Waals surface area contributed by atoms with E-state index in [1.54, 1.807) is 36.4 Å². The summed E-state index contributed by atoms with van der Waals surface area (Å²) in [6, 6.07) is 12.4. The highest BCUT2D eigenvalue weighted by Crippen LogP contribution is 2.25. The monoisotopic (exact) mass is 430 g/mol. The Bertz CT molecular complexity index is 969. The van der Waals surface area contributed by atoms with Gasteiger partial charge < -0.3 is 15.0 Å². The number of hydrogen-bond acceptors (Lipinski definition) is 5. The van der Waals surface area contributed by atoms with Gasteiger partial charge in [0.2, 0.25) is 5.91 Å². The standard InChI is InChI=1S/C23H30N2O4S/c1-25(2)14-4-15-29-21-10-8-20(9-11-21)24-23(26)13-16-30(27,28)22-12-7-18-5-3-6-19(18)17-22/h7-12,17H,3-6,13-16H2,1-2H3,(H,24,26). The molecule has 1 aliphatic carbocycles. The molecular weight excluding hydrogens is 400 g/mol. The van der Waals surface area contributed by atoms with Crippen molar-refractivity contribution in [2.45, 2.75) is 37.0 Å². The Kier molecular flexibility index (Phi) is 7.50. The average molecular weight is 431 g/mol. The predicted molar refractivity (Wildman–Crippen MR) is 119 cm³/mol. The molecule has 0 unspecified atom stereocenters. The minimum absolute atomic E-state index is 0.0811. The fourth-order valence-electron chi connectivity index (χ4n) is 3.52. The highest BCUT2D eigenvalue weighted by atomic mass is 32.2. The van der Waals surface area contributed by atoms with Crippen molar-refractivity contribution in [3.05, 3.63) is 53.6 Å². The Morgan fingerprint density at radius 3 is 2.53 bits per heavy atom. The van der Waals surface area contributed by atoms with Crippen LogP contribution in [0.4, 0.5) is 5.69 Å². The zero-order valence-corrected chi connectivity index (χ0v) is 18.5. The summed E-state index contributed by atoms with van der Waals surface area (Å²) in [6.45, 7) is 1.59. The second-order valence-electron chi connectivity index (χ2n) is 7.93. The lowest BCUT2D eigenvalue weighted by atomic mass is 10.1. The van der Waals surface area contributed by atoms with Crippen molar-refractivity contribution in [2.75, 3.05) is 38.3 Å². The molecule has 7 heteroatoms. The summed E-state index contributed by atoms with van der Waals surface area (Å²) in [5.41, 5.74) is 2.97. The van der Waals surface area contributed by atoms with Gasteiger partial charge in [0.1, 0.15) is 5.75 Å². The third-order valence-corrected chi connectivity index (χ3v) is 6.90.